The van der Waals surface area contributed by atoms with Crippen molar-refractivity contribution in [2.75, 3.05) is 18.1 Å². The van der Waals surface area contributed by atoms with E-state index >= 15 is 0 Å². The Labute approximate surface area is 119 Å². The predicted molar refractivity (Wildman–Crippen MR) is 75.9 cm³/mol. The molecule has 7 heteroatoms. The zero-order valence-corrected chi connectivity index (χ0v) is 12.7. The summed E-state index contributed by atoms with van der Waals surface area (Å²) in [4.78, 5) is 10.8. The fraction of sp³-hybridized carbons (Fsp3) is 0.364. The Bertz CT molecular complexity index is 538. The third kappa shape index (κ3) is 4.45. The highest BCUT2D eigenvalue weighted by Gasteiger charge is 2.10. The van der Waals surface area contributed by atoms with Crippen molar-refractivity contribution in [3.63, 3.8) is 0 Å². The van der Waals surface area contributed by atoms with Crippen molar-refractivity contribution in [3.8, 4) is 5.75 Å². The fourth-order valence-electron chi connectivity index (χ4n) is 1.17. The van der Waals surface area contributed by atoms with Gasteiger partial charge in [-0.1, -0.05) is 6.92 Å². The minimum atomic E-state index is -3.07. The molecule has 0 saturated carbocycles. The van der Waals surface area contributed by atoms with E-state index in [4.69, 9.17) is 9.84 Å². The molecule has 0 bridgehead atoms. The fourth-order valence-corrected chi connectivity index (χ4v) is 2.29. The molecule has 18 heavy (non-hydrogen) atoms. The lowest BCUT2D eigenvalue weighted by molar-refractivity contribution is 0.0696. The van der Waals surface area contributed by atoms with Crippen LogP contribution in [-0.2, 0) is 9.84 Å². The van der Waals surface area contributed by atoms with E-state index in [-0.39, 0.29) is 23.7 Å². The Morgan fingerprint density at radius 1 is 1.44 bits per heavy atom. The first kappa shape index (κ1) is 15.2. The Morgan fingerprint density at radius 2 is 2.11 bits per heavy atom. The van der Waals surface area contributed by atoms with Crippen molar-refractivity contribution in [2.24, 2.45) is 0 Å². The highest BCUT2D eigenvalue weighted by molar-refractivity contribution is 14.1. The molecular weight excluding hydrogens is 371 g/mol. The molecule has 0 fully saturated rings. The molecule has 0 saturated heterocycles. The highest BCUT2D eigenvalue weighted by Crippen LogP contribution is 2.22. The number of rotatable bonds is 6. The number of ether oxygens (including phenoxy) is 1. The van der Waals surface area contributed by atoms with E-state index in [0.717, 1.165) is 3.57 Å². The van der Waals surface area contributed by atoms with Crippen molar-refractivity contribution >= 4 is 38.4 Å². The maximum absolute atomic E-state index is 11.3. The second-order valence-corrected chi connectivity index (χ2v) is 7.17. The van der Waals surface area contributed by atoms with Crippen LogP contribution in [-0.4, -0.2) is 37.6 Å². The standard InChI is InChI=1S/C11H13IO5S/c1-2-18(15,16)6-5-17-10-7-8(11(13)14)3-4-9(10)12/h3-4,7H,2,5-6H2,1H3,(H,13,14). The lowest BCUT2D eigenvalue weighted by Gasteiger charge is -2.09. The summed E-state index contributed by atoms with van der Waals surface area (Å²) in [6.07, 6.45) is 0. The number of halogens is 1. The molecule has 1 rings (SSSR count). The lowest BCUT2D eigenvalue weighted by Crippen LogP contribution is -2.16. The van der Waals surface area contributed by atoms with Crippen LogP contribution < -0.4 is 4.74 Å². The maximum atomic E-state index is 11.3. The maximum Gasteiger partial charge on any atom is 0.335 e. The monoisotopic (exact) mass is 384 g/mol. The summed E-state index contributed by atoms with van der Waals surface area (Å²) in [6, 6.07) is 4.48. The van der Waals surface area contributed by atoms with Gasteiger partial charge in [-0.15, -0.1) is 0 Å². The molecule has 5 nitrogen and oxygen atoms in total. The van der Waals surface area contributed by atoms with Crippen molar-refractivity contribution in [1.82, 2.24) is 0 Å². The van der Waals surface area contributed by atoms with Gasteiger partial charge in [0.05, 0.1) is 14.9 Å². The molecule has 1 aromatic carbocycles. The summed E-state index contributed by atoms with van der Waals surface area (Å²) in [5, 5.41) is 8.84. The zero-order chi connectivity index (χ0) is 13.8. The van der Waals surface area contributed by atoms with E-state index in [9.17, 15) is 13.2 Å². The summed E-state index contributed by atoms with van der Waals surface area (Å²) in [7, 11) is -3.07. The number of sulfone groups is 1. The van der Waals surface area contributed by atoms with Crippen LogP contribution in [0.5, 0.6) is 5.75 Å². The molecule has 0 aliphatic heterocycles. The number of benzene rings is 1. The van der Waals surface area contributed by atoms with E-state index in [2.05, 4.69) is 0 Å². The van der Waals surface area contributed by atoms with Crippen LogP contribution in [0.1, 0.15) is 17.3 Å². The van der Waals surface area contributed by atoms with E-state index in [1.54, 1.807) is 13.0 Å². The van der Waals surface area contributed by atoms with Crippen molar-refractivity contribution in [2.45, 2.75) is 6.92 Å². The van der Waals surface area contributed by atoms with Gasteiger partial charge in [0, 0.05) is 5.75 Å². The van der Waals surface area contributed by atoms with Crippen LogP contribution in [0.15, 0.2) is 18.2 Å². The number of aromatic carboxylic acids is 1. The Hall–Kier alpha value is -0.830. The first-order valence-electron chi connectivity index (χ1n) is 5.22. The smallest absolute Gasteiger partial charge is 0.335 e. The molecule has 0 unspecified atom stereocenters. The SMILES string of the molecule is CCS(=O)(=O)CCOc1cc(C(=O)O)ccc1I. The van der Waals surface area contributed by atoms with Crippen LogP contribution in [0.4, 0.5) is 0 Å². The average molecular weight is 384 g/mol. The summed E-state index contributed by atoms with van der Waals surface area (Å²) < 4.78 is 28.6. The number of carboxylic acid groups (broad SMARTS) is 1. The lowest BCUT2D eigenvalue weighted by atomic mass is 10.2. The third-order valence-electron chi connectivity index (χ3n) is 2.27. The van der Waals surface area contributed by atoms with Crippen LogP contribution >= 0.6 is 22.6 Å². The van der Waals surface area contributed by atoms with Gasteiger partial charge in [0.2, 0.25) is 0 Å². The zero-order valence-electron chi connectivity index (χ0n) is 9.72. The summed E-state index contributed by atoms with van der Waals surface area (Å²) in [5.41, 5.74) is 0.115. The molecule has 1 N–H and O–H groups in total. The van der Waals surface area contributed by atoms with Crippen LogP contribution in [0.3, 0.4) is 0 Å². The average Bonchev–Trinajstić information content (AvgIpc) is 2.31. The van der Waals surface area contributed by atoms with Gasteiger partial charge in [0.25, 0.3) is 0 Å². The van der Waals surface area contributed by atoms with Gasteiger partial charge in [0.1, 0.15) is 12.4 Å². The molecule has 0 heterocycles. The van der Waals surface area contributed by atoms with Gasteiger partial charge in [-0.25, -0.2) is 13.2 Å². The van der Waals surface area contributed by atoms with Crippen LogP contribution in [0.2, 0.25) is 0 Å². The molecule has 0 radical (unpaired) electrons. The largest absolute Gasteiger partial charge is 0.491 e. The second kappa shape index (κ2) is 6.37. The van der Waals surface area contributed by atoms with E-state index in [1.807, 2.05) is 22.6 Å². The summed E-state index contributed by atoms with van der Waals surface area (Å²) >= 11 is 2.00. The normalized spacial score (nSPS) is 11.2. The van der Waals surface area contributed by atoms with Crippen molar-refractivity contribution in [3.05, 3.63) is 27.3 Å². The molecule has 1 aromatic rings. The molecule has 0 aliphatic carbocycles. The highest BCUT2D eigenvalue weighted by atomic mass is 127. The minimum absolute atomic E-state index is 0.0231. The summed E-state index contributed by atoms with van der Waals surface area (Å²) in [5.74, 6) is -0.654. The van der Waals surface area contributed by atoms with E-state index in [0.29, 0.717) is 5.75 Å². The van der Waals surface area contributed by atoms with Gasteiger partial charge in [-0.05, 0) is 40.8 Å². The molecule has 0 spiro atoms. The molecule has 0 aliphatic rings. The Balaban J connectivity index is 2.73. The number of hydrogen-bond donors (Lipinski definition) is 1. The van der Waals surface area contributed by atoms with Crippen LogP contribution in [0.25, 0.3) is 0 Å². The van der Waals surface area contributed by atoms with E-state index in [1.165, 1.54) is 12.1 Å². The van der Waals surface area contributed by atoms with Crippen molar-refractivity contribution < 1.29 is 23.1 Å². The number of carboxylic acids is 1. The quantitative estimate of drug-likeness (QED) is 0.757. The third-order valence-corrected chi connectivity index (χ3v) is 4.83. The molecule has 0 atom stereocenters. The molecule has 0 aromatic heterocycles. The molecule has 0 amide bonds. The number of carbonyl (C=O) groups is 1. The Morgan fingerprint density at radius 3 is 2.67 bits per heavy atom. The van der Waals surface area contributed by atoms with Crippen LogP contribution in [0, 0.1) is 3.57 Å². The van der Waals surface area contributed by atoms with Gasteiger partial charge in [0.15, 0.2) is 9.84 Å². The first-order chi connectivity index (χ1) is 8.35. The first-order valence-corrected chi connectivity index (χ1v) is 8.12. The second-order valence-electron chi connectivity index (χ2n) is 3.54. The minimum Gasteiger partial charge on any atom is -0.491 e. The van der Waals surface area contributed by atoms with Gasteiger partial charge in [-0.3, -0.25) is 0 Å². The molecular formula is C11H13IO5S. The number of hydrogen-bond acceptors (Lipinski definition) is 4. The van der Waals surface area contributed by atoms with Gasteiger partial charge in [-0.2, -0.15) is 0 Å². The predicted octanol–water partition coefficient (Wildman–Crippen LogP) is 1.80. The van der Waals surface area contributed by atoms with Gasteiger partial charge >= 0.3 is 5.97 Å². The van der Waals surface area contributed by atoms with E-state index < -0.39 is 15.8 Å². The van der Waals surface area contributed by atoms with Crippen molar-refractivity contribution in [1.29, 1.82) is 0 Å². The topological polar surface area (TPSA) is 80.7 Å². The van der Waals surface area contributed by atoms with Gasteiger partial charge < -0.3 is 9.84 Å². The Kier molecular flexibility index (Phi) is 5.39. The molecule has 100 valence electrons. The summed E-state index contributed by atoms with van der Waals surface area (Å²) in [6.45, 7) is 1.60.